The molecule has 0 unspecified atom stereocenters. The number of aryl methyl sites for hydroxylation is 2. The highest BCUT2D eigenvalue weighted by Crippen LogP contribution is 2.23. The molecule has 0 aromatic heterocycles. The monoisotopic (exact) mass is 339 g/mol. The second kappa shape index (κ2) is 8.03. The van der Waals surface area contributed by atoms with E-state index in [9.17, 15) is 4.79 Å². The molecule has 3 rings (SSSR count). The fourth-order valence-corrected chi connectivity index (χ4v) is 2.96. The number of carbonyl (C=O) groups excluding carboxylic acids is 1. The summed E-state index contributed by atoms with van der Waals surface area (Å²) in [6, 6.07) is 14.0. The van der Waals surface area contributed by atoms with Crippen LogP contribution >= 0.6 is 0 Å². The number of urea groups is 1. The molecule has 2 amide bonds. The Hall–Kier alpha value is -2.53. The van der Waals surface area contributed by atoms with Crippen LogP contribution in [-0.2, 0) is 11.3 Å². The molecule has 2 aromatic carbocycles. The van der Waals surface area contributed by atoms with E-state index in [1.165, 1.54) is 11.3 Å². The van der Waals surface area contributed by atoms with E-state index in [-0.39, 0.29) is 6.03 Å². The van der Waals surface area contributed by atoms with Crippen molar-refractivity contribution in [2.45, 2.75) is 20.4 Å². The quantitative estimate of drug-likeness (QED) is 0.897. The van der Waals surface area contributed by atoms with Crippen LogP contribution in [0.3, 0.4) is 0 Å². The molecule has 1 aliphatic rings. The van der Waals surface area contributed by atoms with Gasteiger partial charge in [-0.25, -0.2) is 4.79 Å². The molecule has 2 aromatic rings. The molecule has 1 heterocycles. The van der Waals surface area contributed by atoms with E-state index in [0.29, 0.717) is 6.54 Å². The first kappa shape index (κ1) is 17.3. The second-order valence-corrected chi connectivity index (χ2v) is 6.33. The normalized spacial score (nSPS) is 14.2. The maximum absolute atomic E-state index is 12.2. The first-order valence-electron chi connectivity index (χ1n) is 8.66. The van der Waals surface area contributed by atoms with Crippen molar-refractivity contribution in [2.75, 3.05) is 36.5 Å². The van der Waals surface area contributed by atoms with Crippen molar-refractivity contribution < 1.29 is 9.53 Å². The highest BCUT2D eigenvalue weighted by Gasteiger charge is 2.13. The summed E-state index contributed by atoms with van der Waals surface area (Å²) in [6.45, 7) is 7.92. The number of nitrogens with zero attached hydrogens (tertiary/aromatic N) is 1. The molecule has 1 saturated heterocycles. The molecular formula is C20H25N3O2. The van der Waals surface area contributed by atoms with Gasteiger partial charge in [-0.3, -0.25) is 0 Å². The van der Waals surface area contributed by atoms with Crippen molar-refractivity contribution in [2.24, 2.45) is 0 Å². The van der Waals surface area contributed by atoms with E-state index < -0.39 is 0 Å². The Morgan fingerprint density at radius 1 is 1.08 bits per heavy atom. The number of ether oxygens (including phenoxy) is 1. The van der Waals surface area contributed by atoms with Crippen LogP contribution in [0.2, 0.25) is 0 Å². The van der Waals surface area contributed by atoms with Gasteiger partial charge in [0.15, 0.2) is 0 Å². The summed E-state index contributed by atoms with van der Waals surface area (Å²) in [6.07, 6.45) is 0. The maximum atomic E-state index is 12.2. The minimum absolute atomic E-state index is 0.189. The first-order chi connectivity index (χ1) is 12.1. The predicted molar refractivity (Wildman–Crippen MR) is 101 cm³/mol. The van der Waals surface area contributed by atoms with Crippen molar-refractivity contribution in [1.82, 2.24) is 5.32 Å². The van der Waals surface area contributed by atoms with E-state index in [1.54, 1.807) is 0 Å². The van der Waals surface area contributed by atoms with Gasteiger partial charge in [-0.2, -0.15) is 0 Å². The molecule has 0 atom stereocenters. The standard InChI is InChI=1S/C20H25N3O2/c1-15-5-3-4-6-17(15)14-21-20(24)22-19-8-7-18(13-16(19)2)23-9-11-25-12-10-23/h3-8,13H,9-12,14H2,1-2H3,(H2,21,22,24). The zero-order valence-electron chi connectivity index (χ0n) is 14.8. The molecule has 0 bridgehead atoms. The highest BCUT2D eigenvalue weighted by atomic mass is 16.5. The van der Waals surface area contributed by atoms with Gasteiger partial charge in [-0.15, -0.1) is 0 Å². The van der Waals surface area contributed by atoms with Gasteiger partial charge >= 0.3 is 6.03 Å². The summed E-state index contributed by atoms with van der Waals surface area (Å²) in [5, 5.41) is 5.85. The first-order valence-corrected chi connectivity index (χ1v) is 8.66. The van der Waals surface area contributed by atoms with Gasteiger partial charge < -0.3 is 20.3 Å². The van der Waals surface area contributed by atoms with Crippen LogP contribution in [0.4, 0.5) is 16.2 Å². The molecule has 0 aliphatic carbocycles. The van der Waals surface area contributed by atoms with Crippen molar-refractivity contribution in [3.63, 3.8) is 0 Å². The molecule has 2 N–H and O–H groups in total. The number of hydrogen-bond acceptors (Lipinski definition) is 3. The maximum Gasteiger partial charge on any atom is 0.319 e. The Bertz CT molecular complexity index is 739. The van der Waals surface area contributed by atoms with Gasteiger partial charge in [0, 0.05) is 31.0 Å². The lowest BCUT2D eigenvalue weighted by Crippen LogP contribution is -2.36. The second-order valence-electron chi connectivity index (χ2n) is 6.33. The zero-order chi connectivity index (χ0) is 17.6. The third-order valence-corrected chi connectivity index (χ3v) is 4.54. The van der Waals surface area contributed by atoms with Crippen molar-refractivity contribution in [3.8, 4) is 0 Å². The number of rotatable bonds is 4. The minimum atomic E-state index is -0.189. The fraction of sp³-hybridized carbons (Fsp3) is 0.350. The molecule has 0 saturated carbocycles. The van der Waals surface area contributed by atoms with Gasteiger partial charge in [0.1, 0.15) is 0 Å². The summed E-state index contributed by atoms with van der Waals surface area (Å²) in [7, 11) is 0. The third-order valence-electron chi connectivity index (χ3n) is 4.54. The summed E-state index contributed by atoms with van der Waals surface area (Å²) in [5.74, 6) is 0. The molecule has 5 nitrogen and oxygen atoms in total. The number of hydrogen-bond donors (Lipinski definition) is 2. The van der Waals surface area contributed by atoms with Crippen molar-refractivity contribution >= 4 is 17.4 Å². The van der Waals surface area contributed by atoms with Crippen LogP contribution in [-0.4, -0.2) is 32.3 Å². The summed E-state index contributed by atoms with van der Waals surface area (Å²) >= 11 is 0. The molecule has 1 fully saturated rings. The van der Waals surface area contributed by atoms with E-state index >= 15 is 0 Å². The Labute approximate surface area is 149 Å². The molecule has 1 aliphatic heterocycles. The number of nitrogens with one attached hydrogen (secondary N) is 2. The molecule has 0 spiro atoms. The fourth-order valence-electron chi connectivity index (χ4n) is 2.96. The predicted octanol–water partition coefficient (Wildman–Crippen LogP) is 3.46. The average Bonchev–Trinajstić information content (AvgIpc) is 2.63. The van der Waals surface area contributed by atoms with Gasteiger partial charge in [-0.1, -0.05) is 24.3 Å². The molecule has 5 heteroatoms. The highest BCUT2D eigenvalue weighted by molar-refractivity contribution is 5.90. The molecule has 0 radical (unpaired) electrons. The third kappa shape index (κ3) is 4.51. The van der Waals surface area contributed by atoms with Crippen LogP contribution in [0, 0.1) is 13.8 Å². The lowest BCUT2D eigenvalue weighted by molar-refractivity contribution is 0.122. The number of benzene rings is 2. The van der Waals surface area contributed by atoms with E-state index in [4.69, 9.17) is 4.74 Å². The summed E-state index contributed by atoms with van der Waals surface area (Å²) in [4.78, 5) is 14.5. The lowest BCUT2D eigenvalue weighted by Gasteiger charge is -2.29. The molecule has 25 heavy (non-hydrogen) atoms. The Morgan fingerprint density at radius 2 is 1.84 bits per heavy atom. The van der Waals surface area contributed by atoms with Crippen LogP contribution in [0.5, 0.6) is 0 Å². The number of morpholine rings is 1. The molecule has 132 valence electrons. The largest absolute Gasteiger partial charge is 0.378 e. The Balaban J connectivity index is 1.58. The molecular weight excluding hydrogens is 314 g/mol. The van der Waals surface area contributed by atoms with Crippen molar-refractivity contribution in [3.05, 3.63) is 59.2 Å². The van der Waals surface area contributed by atoms with Crippen molar-refractivity contribution in [1.29, 1.82) is 0 Å². The van der Waals surface area contributed by atoms with Gasteiger partial charge in [0.05, 0.1) is 13.2 Å². The number of carbonyl (C=O) groups is 1. The van der Waals surface area contributed by atoms with Gasteiger partial charge in [-0.05, 0) is 48.7 Å². The number of amides is 2. The van der Waals surface area contributed by atoms with Crippen LogP contribution in [0.1, 0.15) is 16.7 Å². The van der Waals surface area contributed by atoms with Gasteiger partial charge in [0.2, 0.25) is 0 Å². The SMILES string of the molecule is Cc1ccccc1CNC(=O)Nc1ccc(N2CCOCC2)cc1C. The van der Waals surface area contributed by atoms with Crippen LogP contribution in [0.25, 0.3) is 0 Å². The van der Waals surface area contributed by atoms with Crippen LogP contribution in [0.15, 0.2) is 42.5 Å². The summed E-state index contributed by atoms with van der Waals surface area (Å²) in [5.41, 5.74) is 5.35. The lowest BCUT2D eigenvalue weighted by atomic mass is 10.1. The van der Waals surface area contributed by atoms with E-state index in [2.05, 4.69) is 27.7 Å². The average molecular weight is 339 g/mol. The smallest absolute Gasteiger partial charge is 0.319 e. The van der Waals surface area contributed by atoms with Crippen LogP contribution < -0.4 is 15.5 Å². The topological polar surface area (TPSA) is 53.6 Å². The van der Waals surface area contributed by atoms with Gasteiger partial charge in [0.25, 0.3) is 0 Å². The van der Waals surface area contributed by atoms with E-state index in [1.807, 2.05) is 44.2 Å². The zero-order valence-corrected chi connectivity index (χ0v) is 14.8. The Morgan fingerprint density at radius 3 is 2.56 bits per heavy atom. The minimum Gasteiger partial charge on any atom is -0.378 e. The summed E-state index contributed by atoms with van der Waals surface area (Å²) < 4.78 is 5.39. The Kier molecular flexibility index (Phi) is 5.56. The van der Waals surface area contributed by atoms with E-state index in [0.717, 1.165) is 43.1 Å². The number of anilines is 2.